The van der Waals surface area contributed by atoms with E-state index >= 15 is 4.39 Å². The van der Waals surface area contributed by atoms with E-state index in [2.05, 4.69) is 10.4 Å². The number of halogens is 2. The lowest BCUT2D eigenvalue weighted by Crippen LogP contribution is -2.30. The second kappa shape index (κ2) is 8.22. The van der Waals surface area contributed by atoms with E-state index in [-0.39, 0.29) is 17.5 Å². The summed E-state index contributed by atoms with van der Waals surface area (Å²) in [6.07, 6.45) is 7.53. The van der Waals surface area contributed by atoms with Crippen molar-refractivity contribution in [2.45, 2.75) is 52.1 Å². The fraction of sp³-hybridized carbons (Fsp3) is 0.321. The SMILES string of the molecule is Cc1cc(-n2nc3c(c2-n2ccn(-c4ccc5c(cnn5C5CC5)c4F)c2=O)[C@H](C)NCC3)cc(C)c1F. The zero-order valence-electron chi connectivity index (χ0n) is 21.4. The van der Waals surface area contributed by atoms with Crippen molar-refractivity contribution in [2.24, 2.45) is 0 Å². The van der Waals surface area contributed by atoms with Gasteiger partial charge in [0.2, 0.25) is 0 Å². The number of hydrogen-bond acceptors (Lipinski definition) is 4. The molecule has 1 aliphatic heterocycles. The monoisotopic (exact) mass is 515 g/mol. The molecule has 1 fully saturated rings. The standard InChI is InChI=1S/C28H27F2N7O/c1-15-12-19(13-16(2)25(15)29)37-27(24-17(3)31-9-8-21(24)33-37)35-11-10-34(28(35)38)23-7-6-22-20(26(23)30)14-32-36(22)18-4-5-18/h6-7,10-14,17-18,31H,4-5,8-9H2,1-3H3/t17-/m0/s1. The van der Waals surface area contributed by atoms with Crippen LogP contribution in [-0.2, 0) is 6.42 Å². The van der Waals surface area contributed by atoms with Gasteiger partial charge in [-0.3, -0.25) is 13.8 Å². The Labute approximate surface area is 217 Å². The zero-order valence-corrected chi connectivity index (χ0v) is 21.4. The predicted octanol–water partition coefficient (Wildman–Crippen LogP) is 4.60. The van der Waals surface area contributed by atoms with Crippen LogP contribution in [0.2, 0.25) is 0 Å². The van der Waals surface area contributed by atoms with Gasteiger partial charge in [-0.05, 0) is 69.0 Å². The minimum atomic E-state index is -0.482. The molecule has 194 valence electrons. The number of aromatic nitrogens is 6. The van der Waals surface area contributed by atoms with Crippen LogP contribution in [0.5, 0.6) is 0 Å². The average Bonchev–Trinajstić information content (AvgIpc) is 3.35. The lowest BCUT2D eigenvalue weighted by atomic mass is 10.0. The van der Waals surface area contributed by atoms with Crippen LogP contribution in [0.15, 0.2) is 47.7 Å². The van der Waals surface area contributed by atoms with Crippen molar-refractivity contribution in [1.29, 1.82) is 0 Å². The number of nitrogens with zero attached hydrogens (tertiary/aromatic N) is 6. The minimum absolute atomic E-state index is 0.0539. The first-order chi connectivity index (χ1) is 18.3. The molecule has 1 aliphatic carbocycles. The van der Waals surface area contributed by atoms with Gasteiger partial charge < -0.3 is 5.32 Å². The van der Waals surface area contributed by atoms with E-state index in [0.29, 0.717) is 40.5 Å². The molecule has 0 amide bonds. The molecule has 0 unspecified atom stereocenters. The molecule has 0 saturated heterocycles. The fourth-order valence-electron chi connectivity index (χ4n) is 5.65. The Morgan fingerprint density at radius 2 is 1.76 bits per heavy atom. The number of imidazole rings is 1. The van der Waals surface area contributed by atoms with Crippen LogP contribution >= 0.6 is 0 Å². The highest BCUT2D eigenvalue weighted by atomic mass is 19.1. The van der Waals surface area contributed by atoms with Crippen LogP contribution < -0.4 is 11.0 Å². The van der Waals surface area contributed by atoms with E-state index in [0.717, 1.165) is 36.2 Å². The van der Waals surface area contributed by atoms with Crippen LogP contribution in [0.1, 0.15) is 54.2 Å². The number of rotatable bonds is 4. The molecular formula is C28H27F2N7O. The second-order valence-electron chi connectivity index (χ2n) is 10.4. The van der Waals surface area contributed by atoms with Crippen molar-refractivity contribution in [3.63, 3.8) is 0 Å². The van der Waals surface area contributed by atoms with Crippen LogP contribution in [0.25, 0.3) is 28.1 Å². The topological polar surface area (TPSA) is 74.6 Å². The summed E-state index contributed by atoms with van der Waals surface area (Å²) in [6.45, 7) is 6.22. The van der Waals surface area contributed by atoms with Crippen LogP contribution in [-0.4, -0.2) is 35.2 Å². The molecule has 5 aromatic rings. The Hall–Kier alpha value is -4.05. The summed E-state index contributed by atoms with van der Waals surface area (Å²) in [5.41, 5.74) is 3.91. The number of aryl methyl sites for hydroxylation is 2. The molecule has 1 saturated carbocycles. The van der Waals surface area contributed by atoms with Gasteiger partial charge in [-0.25, -0.2) is 18.3 Å². The van der Waals surface area contributed by atoms with Gasteiger partial charge in [-0.1, -0.05) is 0 Å². The molecule has 2 aromatic carbocycles. The normalized spacial score (nSPS) is 17.3. The summed E-state index contributed by atoms with van der Waals surface area (Å²) >= 11 is 0. The molecule has 7 rings (SSSR count). The van der Waals surface area contributed by atoms with E-state index in [1.165, 1.54) is 15.3 Å². The molecular weight excluding hydrogens is 488 g/mol. The fourth-order valence-corrected chi connectivity index (χ4v) is 5.65. The highest BCUT2D eigenvalue weighted by molar-refractivity contribution is 5.82. The maximum Gasteiger partial charge on any atom is 0.338 e. The average molecular weight is 516 g/mol. The third-order valence-electron chi connectivity index (χ3n) is 7.74. The van der Waals surface area contributed by atoms with Gasteiger partial charge in [-0.2, -0.15) is 10.2 Å². The number of fused-ring (bicyclic) bond motifs is 2. The van der Waals surface area contributed by atoms with Crippen molar-refractivity contribution in [2.75, 3.05) is 6.54 Å². The van der Waals surface area contributed by atoms with Crippen LogP contribution in [0.4, 0.5) is 8.78 Å². The number of benzene rings is 2. The molecule has 8 nitrogen and oxygen atoms in total. The molecule has 10 heteroatoms. The molecule has 0 bridgehead atoms. The number of hydrogen-bond donors (Lipinski definition) is 1. The summed E-state index contributed by atoms with van der Waals surface area (Å²) in [7, 11) is 0. The van der Waals surface area contributed by atoms with E-state index in [1.54, 1.807) is 49.1 Å². The van der Waals surface area contributed by atoms with Crippen LogP contribution in [0.3, 0.4) is 0 Å². The minimum Gasteiger partial charge on any atom is -0.310 e. The first-order valence-electron chi connectivity index (χ1n) is 12.9. The van der Waals surface area contributed by atoms with Crippen LogP contribution in [0, 0.1) is 25.5 Å². The second-order valence-corrected chi connectivity index (χ2v) is 10.4. The van der Waals surface area contributed by atoms with Gasteiger partial charge in [0.25, 0.3) is 0 Å². The molecule has 1 atom stereocenters. The Balaban J connectivity index is 1.42. The van der Waals surface area contributed by atoms with Gasteiger partial charge in [0.1, 0.15) is 11.6 Å². The van der Waals surface area contributed by atoms with Crippen molar-refractivity contribution in [3.05, 3.63) is 87.4 Å². The van der Waals surface area contributed by atoms with E-state index in [4.69, 9.17) is 5.10 Å². The molecule has 4 heterocycles. The van der Waals surface area contributed by atoms with Gasteiger partial charge in [0.05, 0.1) is 40.2 Å². The molecule has 2 aliphatic rings. The molecule has 0 spiro atoms. The summed E-state index contributed by atoms with van der Waals surface area (Å²) in [6, 6.07) is 7.19. The largest absolute Gasteiger partial charge is 0.338 e. The third kappa shape index (κ3) is 3.32. The molecule has 1 N–H and O–H groups in total. The van der Waals surface area contributed by atoms with E-state index in [9.17, 15) is 9.18 Å². The summed E-state index contributed by atoms with van der Waals surface area (Å²) < 4.78 is 36.5. The van der Waals surface area contributed by atoms with Crippen molar-refractivity contribution < 1.29 is 8.78 Å². The predicted molar refractivity (Wildman–Crippen MR) is 140 cm³/mol. The van der Waals surface area contributed by atoms with Gasteiger partial charge in [0, 0.05) is 37.0 Å². The smallest absolute Gasteiger partial charge is 0.310 e. The lowest BCUT2D eigenvalue weighted by Gasteiger charge is -2.21. The zero-order chi connectivity index (χ0) is 26.3. The first kappa shape index (κ1) is 23.1. The lowest BCUT2D eigenvalue weighted by molar-refractivity contribution is 0.536. The summed E-state index contributed by atoms with van der Waals surface area (Å²) in [5.74, 6) is -0.178. The third-order valence-corrected chi connectivity index (χ3v) is 7.74. The van der Waals surface area contributed by atoms with Crippen molar-refractivity contribution in [1.82, 2.24) is 34.0 Å². The van der Waals surface area contributed by atoms with Crippen molar-refractivity contribution >= 4 is 10.9 Å². The Kier molecular flexibility index (Phi) is 5.00. The summed E-state index contributed by atoms with van der Waals surface area (Å²) in [5, 5.41) is 13.1. The maximum absolute atomic E-state index is 15.7. The molecule has 38 heavy (non-hydrogen) atoms. The van der Waals surface area contributed by atoms with E-state index < -0.39 is 11.5 Å². The Morgan fingerprint density at radius 1 is 1.03 bits per heavy atom. The van der Waals surface area contributed by atoms with Crippen molar-refractivity contribution in [3.8, 4) is 17.2 Å². The Bertz CT molecular complexity index is 1780. The van der Waals surface area contributed by atoms with Gasteiger partial charge in [0.15, 0.2) is 5.82 Å². The van der Waals surface area contributed by atoms with Gasteiger partial charge in [-0.15, -0.1) is 0 Å². The quantitative estimate of drug-likeness (QED) is 0.380. The Morgan fingerprint density at radius 3 is 2.50 bits per heavy atom. The first-order valence-corrected chi connectivity index (χ1v) is 12.9. The van der Waals surface area contributed by atoms with E-state index in [1.807, 2.05) is 17.7 Å². The summed E-state index contributed by atoms with van der Waals surface area (Å²) in [4.78, 5) is 13.9. The highest BCUT2D eigenvalue weighted by Gasteiger charge is 2.30. The maximum atomic E-state index is 15.7. The number of nitrogens with one attached hydrogen (secondary N) is 1. The highest BCUT2D eigenvalue weighted by Crippen LogP contribution is 2.37. The molecule has 3 aromatic heterocycles. The van der Waals surface area contributed by atoms with Gasteiger partial charge >= 0.3 is 5.69 Å². The molecule has 0 radical (unpaired) electrons.